The maximum absolute atomic E-state index is 4.59. The highest BCUT2D eigenvalue weighted by molar-refractivity contribution is 5.96. The zero-order valence-corrected chi connectivity index (χ0v) is 9.69. The summed E-state index contributed by atoms with van der Waals surface area (Å²) in [4.78, 5) is 2.11. The molecule has 0 fully saturated rings. The van der Waals surface area contributed by atoms with Gasteiger partial charge in [-0.2, -0.15) is 5.12 Å². The smallest absolute Gasteiger partial charge is 0.156 e. The molecule has 0 spiro atoms. The van der Waals surface area contributed by atoms with Crippen molar-refractivity contribution in [1.29, 1.82) is 0 Å². The van der Waals surface area contributed by atoms with Crippen LogP contribution in [-0.4, -0.2) is 22.1 Å². The van der Waals surface area contributed by atoms with Crippen LogP contribution in [0, 0.1) is 6.07 Å². The number of hydrogen-bond acceptors (Lipinski definition) is 3. The molecule has 1 aromatic carbocycles. The lowest BCUT2D eigenvalue weighted by Gasteiger charge is -2.19. The predicted octanol–water partition coefficient (Wildman–Crippen LogP) is 2.05. The molecule has 2 aliphatic heterocycles. The summed E-state index contributed by atoms with van der Waals surface area (Å²) < 4.78 is 2.07. The molecule has 0 N–H and O–H groups in total. The third kappa shape index (κ3) is 1.29. The number of amidine groups is 1. The number of nitrogens with zero attached hydrogens (tertiary/aromatic N) is 4. The first-order chi connectivity index (χ1) is 8.92. The lowest BCUT2D eigenvalue weighted by Crippen LogP contribution is -2.32. The van der Waals surface area contributed by atoms with E-state index in [0.717, 1.165) is 18.0 Å². The van der Waals surface area contributed by atoms with E-state index >= 15 is 0 Å². The average Bonchev–Trinajstić information content (AvgIpc) is 3.02. The topological polar surface area (TPSA) is 23.8 Å². The van der Waals surface area contributed by atoms with Gasteiger partial charge in [0.2, 0.25) is 0 Å². The molecule has 18 heavy (non-hydrogen) atoms. The van der Waals surface area contributed by atoms with Crippen molar-refractivity contribution >= 4 is 16.7 Å². The minimum Gasteiger partial charge on any atom is -0.310 e. The summed E-state index contributed by atoms with van der Waals surface area (Å²) in [6.45, 7) is 0.735. The van der Waals surface area contributed by atoms with Crippen LogP contribution >= 0.6 is 0 Å². The van der Waals surface area contributed by atoms with Gasteiger partial charge in [0.15, 0.2) is 5.84 Å². The summed E-state index contributed by atoms with van der Waals surface area (Å²) >= 11 is 0. The Labute approximate surface area is 105 Å². The fraction of sp³-hybridized carbons (Fsp3) is 0.0714. The second-order valence-electron chi connectivity index (χ2n) is 4.29. The standard InChI is InChI=1S/C14H11N4/c1-2-6-13-12(5-1)8-10-17(13)18-11-16-9-4-3-7-14(16)15-18/h2-10H,11H2. The Bertz CT molecular complexity index is 693. The van der Waals surface area contributed by atoms with Gasteiger partial charge in [0, 0.05) is 17.8 Å². The summed E-state index contributed by atoms with van der Waals surface area (Å²) in [7, 11) is 0. The van der Waals surface area contributed by atoms with Crippen molar-refractivity contribution in [1.82, 2.24) is 9.58 Å². The van der Waals surface area contributed by atoms with Crippen LogP contribution in [0.3, 0.4) is 0 Å². The highest BCUT2D eigenvalue weighted by Gasteiger charge is 2.22. The number of hydrazone groups is 1. The van der Waals surface area contributed by atoms with Gasteiger partial charge < -0.3 is 4.90 Å². The van der Waals surface area contributed by atoms with Gasteiger partial charge in [0.05, 0.1) is 5.52 Å². The minimum absolute atomic E-state index is 0.735. The number of hydrogen-bond donors (Lipinski definition) is 0. The average molecular weight is 235 g/mol. The zero-order valence-electron chi connectivity index (χ0n) is 9.69. The Morgan fingerprint density at radius 3 is 3.17 bits per heavy atom. The molecule has 2 aliphatic rings. The first-order valence-electron chi connectivity index (χ1n) is 5.87. The number of allylic oxidation sites excluding steroid dienone is 2. The first kappa shape index (κ1) is 9.53. The van der Waals surface area contributed by atoms with Crippen molar-refractivity contribution < 1.29 is 0 Å². The summed E-state index contributed by atoms with van der Waals surface area (Å²) in [6, 6.07) is 11.1. The molecular formula is C14H11N4. The normalized spacial score (nSPS) is 17.4. The highest BCUT2D eigenvalue weighted by Crippen LogP contribution is 2.19. The van der Waals surface area contributed by atoms with Gasteiger partial charge in [0.25, 0.3) is 0 Å². The zero-order chi connectivity index (χ0) is 11.9. The molecule has 0 saturated carbocycles. The van der Waals surface area contributed by atoms with Crippen molar-refractivity contribution in [2.75, 3.05) is 11.8 Å². The van der Waals surface area contributed by atoms with Crippen molar-refractivity contribution in [3.8, 4) is 0 Å². The SMILES string of the molecule is [c]1ccc2c(c1)ccn2N1CN2C=CC=CC2=N1. The van der Waals surface area contributed by atoms with Crippen molar-refractivity contribution in [3.05, 3.63) is 61.0 Å². The molecule has 1 radical (unpaired) electrons. The van der Waals surface area contributed by atoms with E-state index < -0.39 is 0 Å². The predicted molar refractivity (Wildman–Crippen MR) is 71.4 cm³/mol. The van der Waals surface area contributed by atoms with Gasteiger partial charge >= 0.3 is 0 Å². The van der Waals surface area contributed by atoms with E-state index in [-0.39, 0.29) is 0 Å². The number of aromatic nitrogens is 1. The summed E-state index contributed by atoms with van der Waals surface area (Å²) in [5.74, 6) is 0.974. The van der Waals surface area contributed by atoms with Gasteiger partial charge in [0.1, 0.15) is 6.67 Å². The van der Waals surface area contributed by atoms with Gasteiger partial charge in [-0.05, 0) is 36.4 Å². The quantitative estimate of drug-likeness (QED) is 0.755. The molecule has 87 valence electrons. The Hall–Kier alpha value is -2.49. The highest BCUT2D eigenvalue weighted by atomic mass is 15.8. The van der Waals surface area contributed by atoms with E-state index in [1.807, 2.05) is 47.9 Å². The van der Waals surface area contributed by atoms with Crippen LogP contribution in [0.25, 0.3) is 10.9 Å². The molecule has 4 nitrogen and oxygen atoms in total. The van der Waals surface area contributed by atoms with Crippen LogP contribution in [-0.2, 0) is 0 Å². The van der Waals surface area contributed by atoms with Crippen LogP contribution in [0.2, 0.25) is 0 Å². The molecule has 0 aliphatic carbocycles. The van der Waals surface area contributed by atoms with Crippen LogP contribution in [0.5, 0.6) is 0 Å². The fourth-order valence-electron chi connectivity index (χ4n) is 2.29. The summed E-state index contributed by atoms with van der Waals surface area (Å²) in [5.41, 5.74) is 1.14. The minimum atomic E-state index is 0.735. The molecule has 0 atom stereocenters. The lowest BCUT2D eigenvalue weighted by atomic mass is 10.3. The largest absolute Gasteiger partial charge is 0.310 e. The Morgan fingerprint density at radius 1 is 1.22 bits per heavy atom. The Morgan fingerprint density at radius 2 is 2.22 bits per heavy atom. The van der Waals surface area contributed by atoms with Crippen molar-refractivity contribution in [2.45, 2.75) is 0 Å². The molecule has 0 saturated heterocycles. The van der Waals surface area contributed by atoms with Crippen molar-refractivity contribution in [3.63, 3.8) is 0 Å². The molecule has 2 aromatic rings. The second kappa shape index (κ2) is 3.50. The third-order valence-electron chi connectivity index (χ3n) is 3.18. The van der Waals surface area contributed by atoms with Gasteiger partial charge in [-0.1, -0.05) is 12.1 Å². The van der Waals surface area contributed by atoms with Gasteiger partial charge in [-0.15, -0.1) is 5.10 Å². The van der Waals surface area contributed by atoms with Gasteiger partial charge in [-0.25, -0.2) is 4.68 Å². The van der Waals surface area contributed by atoms with E-state index in [2.05, 4.69) is 32.9 Å². The maximum atomic E-state index is 4.59. The molecule has 3 heterocycles. The number of benzene rings is 1. The van der Waals surface area contributed by atoms with Crippen molar-refractivity contribution in [2.24, 2.45) is 5.10 Å². The van der Waals surface area contributed by atoms with Crippen LogP contribution < -0.4 is 5.12 Å². The van der Waals surface area contributed by atoms with E-state index in [1.165, 1.54) is 5.39 Å². The van der Waals surface area contributed by atoms with E-state index in [4.69, 9.17) is 0 Å². The second-order valence-corrected chi connectivity index (χ2v) is 4.29. The Kier molecular flexibility index (Phi) is 1.85. The number of rotatable bonds is 1. The molecule has 4 heteroatoms. The van der Waals surface area contributed by atoms with Crippen LogP contribution in [0.1, 0.15) is 0 Å². The van der Waals surface area contributed by atoms with Gasteiger partial charge in [-0.3, -0.25) is 0 Å². The molecule has 0 bridgehead atoms. The lowest BCUT2D eigenvalue weighted by molar-refractivity contribution is 0.519. The molecular weight excluding hydrogens is 224 g/mol. The molecule has 4 rings (SSSR count). The molecule has 0 amide bonds. The summed E-state index contributed by atoms with van der Waals surface area (Å²) in [5, 5.41) is 7.72. The maximum Gasteiger partial charge on any atom is 0.156 e. The molecule has 1 aromatic heterocycles. The summed E-state index contributed by atoms with van der Waals surface area (Å²) in [6.07, 6.45) is 10.1. The Balaban J connectivity index is 1.79. The third-order valence-corrected chi connectivity index (χ3v) is 3.18. The van der Waals surface area contributed by atoms with Crippen LogP contribution in [0.15, 0.2) is 60.0 Å². The number of fused-ring (bicyclic) bond motifs is 2. The monoisotopic (exact) mass is 235 g/mol. The van der Waals surface area contributed by atoms with E-state index in [1.54, 1.807) is 0 Å². The van der Waals surface area contributed by atoms with E-state index in [0.29, 0.717) is 0 Å². The fourth-order valence-corrected chi connectivity index (χ4v) is 2.29. The molecule has 0 unspecified atom stereocenters. The van der Waals surface area contributed by atoms with E-state index in [9.17, 15) is 0 Å². The first-order valence-corrected chi connectivity index (χ1v) is 5.87. The van der Waals surface area contributed by atoms with Crippen LogP contribution in [0.4, 0.5) is 0 Å².